The van der Waals surface area contributed by atoms with Crippen molar-refractivity contribution in [1.29, 1.82) is 5.26 Å². The van der Waals surface area contributed by atoms with Crippen LogP contribution in [-0.4, -0.2) is 22.8 Å². The number of hydrogen-bond donors (Lipinski definition) is 0. The van der Waals surface area contributed by atoms with Gasteiger partial charge in [-0.25, -0.2) is 4.79 Å². The van der Waals surface area contributed by atoms with Gasteiger partial charge in [-0.3, -0.25) is 9.59 Å². The van der Waals surface area contributed by atoms with Gasteiger partial charge in [0.15, 0.2) is 0 Å². The molecule has 122 valence electrons. The first kappa shape index (κ1) is 14.9. The summed E-state index contributed by atoms with van der Waals surface area (Å²) < 4.78 is 0. The minimum Gasteiger partial charge on any atom is -0.329 e. The van der Waals surface area contributed by atoms with Crippen LogP contribution < -0.4 is 0 Å². The van der Waals surface area contributed by atoms with E-state index in [4.69, 9.17) is 4.84 Å². The van der Waals surface area contributed by atoms with Gasteiger partial charge < -0.3 is 4.84 Å². The molecule has 24 heavy (non-hydrogen) atoms. The summed E-state index contributed by atoms with van der Waals surface area (Å²) in [6.07, 6.45) is 3.72. The third kappa shape index (κ3) is 1.91. The predicted molar refractivity (Wildman–Crippen MR) is 81.2 cm³/mol. The normalized spacial score (nSPS) is 30.9. The third-order valence-electron chi connectivity index (χ3n) is 5.85. The lowest BCUT2D eigenvalue weighted by molar-refractivity contribution is -0.189. The molecule has 2 bridgehead atoms. The maximum absolute atomic E-state index is 12.7. The van der Waals surface area contributed by atoms with Gasteiger partial charge in [-0.1, -0.05) is 17.2 Å². The molecular weight excluding hydrogens is 308 g/mol. The molecule has 0 saturated heterocycles. The molecule has 6 heteroatoms. The van der Waals surface area contributed by atoms with Crippen molar-refractivity contribution in [2.75, 3.05) is 0 Å². The lowest BCUT2D eigenvalue weighted by Gasteiger charge is -2.48. The highest BCUT2D eigenvalue weighted by atomic mass is 16.7. The second-order valence-electron chi connectivity index (χ2n) is 7.00. The number of benzene rings is 1. The molecule has 3 aliphatic carbocycles. The van der Waals surface area contributed by atoms with E-state index in [9.17, 15) is 19.6 Å². The Morgan fingerprint density at radius 2 is 1.50 bits per heavy atom. The monoisotopic (exact) mass is 324 g/mol. The Hall–Kier alpha value is -2.68. The number of imide groups is 1. The Kier molecular flexibility index (Phi) is 3.04. The van der Waals surface area contributed by atoms with Gasteiger partial charge in [0.05, 0.1) is 28.0 Å². The van der Waals surface area contributed by atoms with E-state index in [0.717, 1.165) is 0 Å². The smallest absolute Gasteiger partial charge is 0.329 e. The summed E-state index contributed by atoms with van der Waals surface area (Å²) in [6, 6.07) is 8.81. The molecule has 1 aromatic carbocycles. The Morgan fingerprint density at radius 3 is 1.96 bits per heavy atom. The SMILES string of the molecule is N#CC12CCC(C(=O)ON3C(=O)c4ccccc4C3=O)(CC1)CC2. The second-order valence-corrected chi connectivity index (χ2v) is 7.00. The average molecular weight is 324 g/mol. The number of hydroxylamine groups is 2. The fourth-order valence-corrected chi connectivity index (χ4v) is 4.09. The van der Waals surface area contributed by atoms with Crippen molar-refractivity contribution in [3.8, 4) is 6.07 Å². The van der Waals surface area contributed by atoms with Crippen molar-refractivity contribution in [3.05, 3.63) is 35.4 Å². The van der Waals surface area contributed by atoms with Gasteiger partial charge in [-0.2, -0.15) is 5.26 Å². The van der Waals surface area contributed by atoms with E-state index in [0.29, 0.717) is 43.6 Å². The highest BCUT2D eigenvalue weighted by molar-refractivity contribution is 6.20. The standard InChI is InChI=1S/C18H16N2O4/c19-11-17-5-8-18(9-6-17,10-7-17)16(23)24-20-14(21)12-3-1-2-4-13(12)15(20)22/h1-4H,5-10H2. The summed E-state index contributed by atoms with van der Waals surface area (Å²) in [5.41, 5.74) is -0.474. The summed E-state index contributed by atoms with van der Waals surface area (Å²) in [7, 11) is 0. The minimum atomic E-state index is -0.673. The quantitative estimate of drug-likeness (QED) is 0.780. The summed E-state index contributed by atoms with van der Waals surface area (Å²) in [5.74, 6) is -1.72. The molecular formula is C18H16N2O4. The maximum atomic E-state index is 12.7. The largest absolute Gasteiger partial charge is 0.339 e. The molecule has 1 heterocycles. The fraction of sp³-hybridized carbons (Fsp3) is 0.444. The van der Waals surface area contributed by atoms with Crippen LogP contribution in [0.1, 0.15) is 59.2 Å². The third-order valence-corrected chi connectivity index (χ3v) is 5.85. The Labute approximate surface area is 138 Å². The predicted octanol–water partition coefficient (Wildman–Crippen LogP) is 2.60. The Bertz CT molecular complexity index is 748. The van der Waals surface area contributed by atoms with Gasteiger partial charge >= 0.3 is 5.97 Å². The highest BCUT2D eigenvalue weighted by Crippen LogP contribution is 2.57. The minimum absolute atomic E-state index is 0.253. The van der Waals surface area contributed by atoms with Crippen molar-refractivity contribution >= 4 is 17.8 Å². The van der Waals surface area contributed by atoms with Gasteiger partial charge in [0.2, 0.25) is 0 Å². The van der Waals surface area contributed by atoms with E-state index in [1.54, 1.807) is 24.3 Å². The topological polar surface area (TPSA) is 87.5 Å². The summed E-state index contributed by atoms with van der Waals surface area (Å²) in [6.45, 7) is 0. The van der Waals surface area contributed by atoms with E-state index in [1.807, 2.05) is 0 Å². The molecule has 4 aliphatic rings. The van der Waals surface area contributed by atoms with E-state index in [1.165, 1.54) is 0 Å². The van der Waals surface area contributed by atoms with Gasteiger partial charge in [0.25, 0.3) is 11.8 Å². The highest BCUT2D eigenvalue weighted by Gasteiger charge is 2.55. The zero-order valence-electron chi connectivity index (χ0n) is 13.1. The molecule has 0 spiro atoms. The molecule has 0 aromatic heterocycles. The lowest BCUT2D eigenvalue weighted by Crippen LogP contribution is -2.48. The van der Waals surface area contributed by atoms with Crippen molar-refractivity contribution in [1.82, 2.24) is 5.06 Å². The first-order valence-corrected chi connectivity index (χ1v) is 8.12. The molecule has 6 nitrogen and oxygen atoms in total. The second kappa shape index (κ2) is 4.91. The zero-order chi connectivity index (χ0) is 16.9. The molecule has 1 aliphatic heterocycles. The van der Waals surface area contributed by atoms with Crippen LogP contribution in [0.3, 0.4) is 0 Å². The molecule has 1 aromatic rings. The number of rotatable bonds is 2. The van der Waals surface area contributed by atoms with Crippen LogP contribution in [0.4, 0.5) is 0 Å². The van der Waals surface area contributed by atoms with Crippen LogP contribution in [0, 0.1) is 22.2 Å². The van der Waals surface area contributed by atoms with Crippen molar-refractivity contribution in [2.45, 2.75) is 38.5 Å². The van der Waals surface area contributed by atoms with Crippen LogP contribution in [0.15, 0.2) is 24.3 Å². The van der Waals surface area contributed by atoms with E-state index < -0.39 is 23.2 Å². The van der Waals surface area contributed by atoms with E-state index in [-0.39, 0.29) is 16.5 Å². The molecule has 2 amide bonds. The molecule has 3 saturated carbocycles. The summed E-state index contributed by atoms with van der Waals surface area (Å²) >= 11 is 0. The number of carbonyl (C=O) groups excluding carboxylic acids is 3. The molecule has 0 radical (unpaired) electrons. The number of hydrogen-bond acceptors (Lipinski definition) is 5. The molecule has 5 rings (SSSR count). The van der Waals surface area contributed by atoms with Gasteiger partial charge in [-0.15, -0.1) is 0 Å². The number of carbonyl (C=O) groups is 3. The van der Waals surface area contributed by atoms with Crippen LogP contribution in [0.2, 0.25) is 0 Å². The Morgan fingerprint density at radius 1 is 1.00 bits per heavy atom. The number of fused-ring (bicyclic) bond motifs is 4. The van der Waals surface area contributed by atoms with E-state index >= 15 is 0 Å². The average Bonchev–Trinajstić information content (AvgIpc) is 2.88. The number of nitrogens with zero attached hydrogens (tertiary/aromatic N) is 2. The lowest BCUT2D eigenvalue weighted by atomic mass is 9.54. The Balaban J connectivity index is 1.53. The summed E-state index contributed by atoms with van der Waals surface area (Å²) in [5, 5.41) is 9.91. The van der Waals surface area contributed by atoms with Crippen LogP contribution in [0.25, 0.3) is 0 Å². The number of nitriles is 1. The van der Waals surface area contributed by atoms with E-state index in [2.05, 4.69) is 6.07 Å². The van der Waals surface area contributed by atoms with Gasteiger partial charge in [0, 0.05) is 0 Å². The van der Waals surface area contributed by atoms with Gasteiger partial charge in [0.1, 0.15) is 0 Å². The first-order chi connectivity index (χ1) is 11.5. The zero-order valence-corrected chi connectivity index (χ0v) is 13.1. The van der Waals surface area contributed by atoms with Crippen molar-refractivity contribution in [3.63, 3.8) is 0 Å². The maximum Gasteiger partial charge on any atom is 0.339 e. The van der Waals surface area contributed by atoms with Gasteiger partial charge in [-0.05, 0) is 50.7 Å². The van der Waals surface area contributed by atoms with Crippen LogP contribution >= 0.6 is 0 Å². The molecule has 0 N–H and O–H groups in total. The van der Waals surface area contributed by atoms with Crippen LogP contribution in [-0.2, 0) is 9.63 Å². The fourth-order valence-electron chi connectivity index (χ4n) is 4.09. The number of amides is 2. The molecule has 0 atom stereocenters. The van der Waals surface area contributed by atoms with Crippen molar-refractivity contribution in [2.24, 2.45) is 10.8 Å². The van der Waals surface area contributed by atoms with Crippen LogP contribution in [0.5, 0.6) is 0 Å². The first-order valence-electron chi connectivity index (χ1n) is 8.12. The molecule has 0 unspecified atom stereocenters. The summed E-state index contributed by atoms with van der Waals surface area (Å²) in [4.78, 5) is 42.6. The molecule has 3 fully saturated rings. The van der Waals surface area contributed by atoms with Crippen molar-refractivity contribution < 1.29 is 19.2 Å².